The van der Waals surface area contributed by atoms with Crippen LogP contribution < -0.4 is 5.32 Å². The fourth-order valence-electron chi connectivity index (χ4n) is 1.46. The highest BCUT2D eigenvalue weighted by molar-refractivity contribution is 4.75. The average Bonchev–Trinajstić information content (AvgIpc) is 2.11. The third-order valence-electron chi connectivity index (χ3n) is 2.62. The van der Waals surface area contributed by atoms with Crippen LogP contribution in [0.2, 0.25) is 0 Å². The summed E-state index contributed by atoms with van der Waals surface area (Å²) >= 11 is 0. The van der Waals surface area contributed by atoms with Gasteiger partial charge in [-0.25, -0.2) is 0 Å². The largest absolute Gasteiger partial charge is 0.312 e. The van der Waals surface area contributed by atoms with Crippen molar-refractivity contribution in [2.75, 3.05) is 20.1 Å². The smallest absolute Gasteiger partial charge is 0.0160 e. The van der Waals surface area contributed by atoms with Crippen LogP contribution in [-0.4, -0.2) is 36.6 Å². The van der Waals surface area contributed by atoms with Gasteiger partial charge in [0.15, 0.2) is 0 Å². The molecule has 0 aliphatic heterocycles. The lowest BCUT2D eigenvalue weighted by atomic mass is 10.1. The van der Waals surface area contributed by atoms with Crippen LogP contribution >= 0.6 is 0 Å². The van der Waals surface area contributed by atoms with Gasteiger partial charge in [0.1, 0.15) is 0 Å². The first-order chi connectivity index (χ1) is 6.87. The molecule has 0 aromatic heterocycles. The van der Waals surface area contributed by atoms with Crippen molar-refractivity contribution >= 4 is 0 Å². The minimum Gasteiger partial charge on any atom is -0.312 e. The van der Waals surface area contributed by atoms with Crippen molar-refractivity contribution in [3.05, 3.63) is 12.7 Å². The molecule has 0 saturated carbocycles. The van der Waals surface area contributed by atoms with Crippen LogP contribution in [0.4, 0.5) is 0 Å². The fourth-order valence-corrected chi connectivity index (χ4v) is 1.46. The lowest BCUT2D eigenvalue weighted by Gasteiger charge is -2.25. The molecule has 0 saturated heterocycles. The highest BCUT2D eigenvalue weighted by Gasteiger charge is 2.10. The van der Waals surface area contributed by atoms with Crippen LogP contribution in [0, 0.1) is 0 Å². The van der Waals surface area contributed by atoms with E-state index in [2.05, 4.69) is 51.5 Å². The first-order valence-electron chi connectivity index (χ1n) is 5.93. The summed E-state index contributed by atoms with van der Waals surface area (Å²) in [5.74, 6) is 0. The molecule has 1 N–H and O–H groups in total. The molecule has 0 aromatic carbocycles. The minimum absolute atomic E-state index is 0.246. The van der Waals surface area contributed by atoms with E-state index in [0.717, 1.165) is 13.1 Å². The summed E-state index contributed by atoms with van der Waals surface area (Å²) in [6.07, 6.45) is 4.44. The maximum absolute atomic E-state index is 3.76. The van der Waals surface area contributed by atoms with Gasteiger partial charge in [-0.1, -0.05) is 6.08 Å². The lowest BCUT2D eigenvalue weighted by molar-refractivity contribution is 0.263. The number of likely N-dealkylation sites (N-methyl/N-ethyl adjacent to an activating group) is 1. The molecule has 2 nitrogen and oxygen atoms in total. The van der Waals surface area contributed by atoms with E-state index in [4.69, 9.17) is 0 Å². The quantitative estimate of drug-likeness (QED) is 0.515. The van der Waals surface area contributed by atoms with Crippen molar-refractivity contribution in [1.29, 1.82) is 0 Å². The SMILES string of the molecule is C=CCN(C)C(C)CCCNC(C)(C)C. The van der Waals surface area contributed by atoms with Crippen molar-refractivity contribution in [2.24, 2.45) is 0 Å². The molecule has 90 valence electrons. The molecule has 0 rings (SSSR count). The maximum Gasteiger partial charge on any atom is 0.0160 e. The molecular formula is C13H28N2. The lowest BCUT2D eigenvalue weighted by Crippen LogP contribution is -2.37. The molecule has 0 aliphatic rings. The third-order valence-corrected chi connectivity index (χ3v) is 2.62. The summed E-state index contributed by atoms with van der Waals surface area (Å²) < 4.78 is 0. The number of nitrogens with zero attached hydrogens (tertiary/aromatic N) is 1. The normalized spacial score (nSPS) is 14.3. The van der Waals surface area contributed by atoms with E-state index in [1.54, 1.807) is 0 Å². The minimum atomic E-state index is 0.246. The monoisotopic (exact) mass is 212 g/mol. The van der Waals surface area contributed by atoms with E-state index >= 15 is 0 Å². The van der Waals surface area contributed by atoms with Crippen molar-refractivity contribution in [3.8, 4) is 0 Å². The molecule has 0 radical (unpaired) electrons. The number of nitrogens with one attached hydrogen (secondary N) is 1. The Morgan fingerprint density at radius 1 is 1.40 bits per heavy atom. The van der Waals surface area contributed by atoms with E-state index in [-0.39, 0.29) is 5.54 Å². The Balaban J connectivity index is 3.54. The molecule has 0 bridgehead atoms. The zero-order valence-corrected chi connectivity index (χ0v) is 11.1. The van der Waals surface area contributed by atoms with Crippen LogP contribution in [0.3, 0.4) is 0 Å². The molecule has 0 fully saturated rings. The van der Waals surface area contributed by atoms with Gasteiger partial charge in [-0.2, -0.15) is 0 Å². The van der Waals surface area contributed by atoms with Gasteiger partial charge in [0.25, 0.3) is 0 Å². The molecule has 0 spiro atoms. The summed E-state index contributed by atoms with van der Waals surface area (Å²) in [5.41, 5.74) is 0.246. The van der Waals surface area contributed by atoms with Gasteiger partial charge in [0, 0.05) is 18.1 Å². The first-order valence-corrected chi connectivity index (χ1v) is 5.93. The number of hydrogen-bond donors (Lipinski definition) is 1. The zero-order chi connectivity index (χ0) is 11.9. The van der Waals surface area contributed by atoms with E-state index < -0.39 is 0 Å². The summed E-state index contributed by atoms with van der Waals surface area (Å²) in [5, 5.41) is 3.51. The summed E-state index contributed by atoms with van der Waals surface area (Å²) in [6.45, 7) is 14.7. The maximum atomic E-state index is 3.76. The van der Waals surface area contributed by atoms with Crippen LogP contribution in [0.15, 0.2) is 12.7 Å². The van der Waals surface area contributed by atoms with Gasteiger partial charge in [-0.3, -0.25) is 0 Å². The number of hydrogen-bond acceptors (Lipinski definition) is 2. The molecule has 0 heterocycles. The second-order valence-electron chi connectivity index (χ2n) is 5.40. The van der Waals surface area contributed by atoms with Crippen LogP contribution in [0.25, 0.3) is 0 Å². The van der Waals surface area contributed by atoms with Gasteiger partial charge in [-0.15, -0.1) is 6.58 Å². The Kier molecular flexibility index (Phi) is 6.86. The van der Waals surface area contributed by atoms with Crippen LogP contribution in [0.5, 0.6) is 0 Å². The Morgan fingerprint density at radius 3 is 2.47 bits per heavy atom. The standard InChI is InChI=1S/C13H28N2/c1-7-11-15(6)12(2)9-8-10-14-13(3,4)5/h7,12,14H,1,8-11H2,2-6H3. The van der Waals surface area contributed by atoms with Gasteiger partial charge in [-0.05, 0) is 54.1 Å². The molecule has 1 atom stereocenters. The van der Waals surface area contributed by atoms with E-state index in [9.17, 15) is 0 Å². The topological polar surface area (TPSA) is 15.3 Å². The summed E-state index contributed by atoms with van der Waals surface area (Å²) in [7, 11) is 2.16. The van der Waals surface area contributed by atoms with E-state index in [1.165, 1.54) is 12.8 Å². The fraction of sp³-hybridized carbons (Fsp3) is 0.846. The van der Waals surface area contributed by atoms with Gasteiger partial charge in [0.2, 0.25) is 0 Å². The molecule has 0 aliphatic carbocycles. The van der Waals surface area contributed by atoms with Crippen LogP contribution in [-0.2, 0) is 0 Å². The summed E-state index contributed by atoms with van der Waals surface area (Å²) in [6, 6.07) is 0.643. The Hall–Kier alpha value is -0.340. The number of rotatable bonds is 7. The molecular weight excluding hydrogens is 184 g/mol. The predicted molar refractivity (Wildman–Crippen MR) is 69.3 cm³/mol. The van der Waals surface area contributed by atoms with Gasteiger partial charge < -0.3 is 10.2 Å². The molecule has 0 aromatic rings. The molecule has 15 heavy (non-hydrogen) atoms. The Bertz CT molecular complexity index is 170. The highest BCUT2D eigenvalue weighted by atomic mass is 15.1. The van der Waals surface area contributed by atoms with E-state index in [0.29, 0.717) is 6.04 Å². The summed E-state index contributed by atoms with van der Waals surface area (Å²) in [4.78, 5) is 2.34. The second-order valence-corrected chi connectivity index (χ2v) is 5.40. The second kappa shape index (κ2) is 7.02. The average molecular weight is 212 g/mol. The molecule has 2 heteroatoms. The first kappa shape index (κ1) is 14.7. The van der Waals surface area contributed by atoms with Gasteiger partial charge in [0.05, 0.1) is 0 Å². The Morgan fingerprint density at radius 2 is 2.00 bits per heavy atom. The van der Waals surface area contributed by atoms with Crippen molar-refractivity contribution in [2.45, 2.75) is 52.1 Å². The highest BCUT2D eigenvalue weighted by Crippen LogP contribution is 2.05. The molecule has 0 amide bonds. The predicted octanol–water partition coefficient (Wildman–Crippen LogP) is 2.66. The van der Waals surface area contributed by atoms with E-state index in [1.807, 2.05) is 6.08 Å². The Labute approximate surface area is 95.7 Å². The van der Waals surface area contributed by atoms with Crippen LogP contribution in [0.1, 0.15) is 40.5 Å². The zero-order valence-electron chi connectivity index (χ0n) is 11.1. The molecule has 1 unspecified atom stereocenters. The van der Waals surface area contributed by atoms with Crippen molar-refractivity contribution in [1.82, 2.24) is 10.2 Å². The van der Waals surface area contributed by atoms with Crippen molar-refractivity contribution in [3.63, 3.8) is 0 Å². The van der Waals surface area contributed by atoms with Crippen molar-refractivity contribution < 1.29 is 0 Å². The third kappa shape index (κ3) is 8.64. The van der Waals surface area contributed by atoms with Gasteiger partial charge >= 0.3 is 0 Å².